The fourth-order valence-electron chi connectivity index (χ4n) is 3.11. The molecule has 1 aromatic carbocycles. The number of nitrogens with zero attached hydrogens (tertiary/aromatic N) is 4. The Morgan fingerprint density at radius 3 is 2.56 bits per heavy atom. The zero-order valence-corrected chi connectivity index (χ0v) is 18.0. The summed E-state index contributed by atoms with van der Waals surface area (Å²) < 4.78 is 28.2. The van der Waals surface area contributed by atoms with Gasteiger partial charge < -0.3 is 4.57 Å². The number of thiophene rings is 1. The number of hydrogen-bond donors (Lipinski definition) is 0. The van der Waals surface area contributed by atoms with E-state index in [-0.39, 0.29) is 4.90 Å². The SMILES string of the molecule is CCn1c(CN(C)C(C)c2cccs2)nc2cc(S(=O)(=O)N(C)C)ccc21. The molecule has 3 aromatic rings. The van der Waals surface area contributed by atoms with Gasteiger partial charge in [0.15, 0.2) is 0 Å². The molecule has 0 aliphatic carbocycles. The number of imidazole rings is 1. The molecule has 0 aliphatic rings. The topological polar surface area (TPSA) is 58.4 Å². The minimum absolute atomic E-state index is 0.271. The molecule has 0 radical (unpaired) electrons. The van der Waals surface area contributed by atoms with Crippen LogP contribution in [-0.2, 0) is 23.1 Å². The molecular weight excluding hydrogens is 380 g/mol. The van der Waals surface area contributed by atoms with Gasteiger partial charge in [-0.2, -0.15) is 0 Å². The Labute approximate surface area is 165 Å². The lowest BCUT2D eigenvalue weighted by Gasteiger charge is -2.23. The van der Waals surface area contributed by atoms with E-state index in [0.29, 0.717) is 18.1 Å². The van der Waals surface area contributed by atoms with Crippen LogP contribution in [0.3, 0.4) is 0 Å². The van der Waals surface area contributed by atoms with Crippen molar-refractivity contribution in [3.8, 4) is 0 Å². The lowest BCUT2D eigenvalue weighted by Crippen LogP contribution is -2.23. The Morgan fingerprint density at radius 2 is 1.96 bits per heavy atom. The van der Waals surface area contributed by atoms with Crippen molar-refractivity contribution in [1.29, 1.82) is 0 Å². The molecule has 0 saturated heterocycles. The third-order valence-corrected chi connectivity index (χ3v) is 7.75. The highest BCUT2D eigenvalue weighted by Gasteiger charge is 2.21. The van der Waals surface area contributed by atoms with Crippen LogP contribution in [-0.4, -0.2) is 48.3 Å². The first-order valence-corrected chi connectivity index (χ1v) is 11.2. The van der Waals surface area contributed by atoms with E-state index in [1.807, 2.05) is 6.07 Å². The monoisotopic (exact) mass is 406 g/mol. The smallest absolute Gasteiger partial charge is 0.242 e. The second-order valence-electron chi connectivity index (χ2n) is 6.82. The molecule has 0 fully saturated rings. The summed E-state index contributed by atoms with van der Waals surface area (Å²) in [7, 11) is 1.70. The fraction of sp³-hybridized carbons (Fsp3) is 0.421. The Bertz CT molecular complexity index is 1020. The molecule has 2 aromatic heterocycles. The number of aromatic nitrogens is 2. The Morgan fingerprint density at radius 1 is 1.22 bits per heavy atom. The molecule has 0 bridgehead atoms. The minimum Gasteiger partial charge on any atom is -0.327 e. The van der Waals surface area contributed by atoms with Crippen molar-refractivity contribution in [2.75, 3.05) is 21.1 Å². The Kier molecular flexibility index (Phi) is 5.71. The van der Waals surface area contributed by atoms with Crippen molar-refractivity contribution in [2.45, 2.75) is 37.9 Å². The molecule has 0 aliphatic heterocycles. The highest BCUT2D eigenvalue weighted by Crippen LogP contribution is 2.27. The van der Waals surface area contributed by atoms with E-state index in [1.54, 1.807) is 23.5 Å². The number of hydrogen-bond acceptors (Lipinski definition) is 5. The van der Waals surface area contributed by atoms with Crippen LogP contribution in [0.2, 0.25) is 0 Å². The second kappa shape index (κ2) is 7.71. The van der Waals surface area contributed by atoms with Crippen molar-refractivity contribution in [3.05, 3.63) is 46.4 Å². The maximum atomic E-state index is 12.4. The largest absolute Gasteiger partial charge is 0.327 e. The summed E-state index contributed by atoms with van der Waals surface area (Å²) in [5.74, 6) is 0.942. The van der Waals surface area contributed by atoms with Crippen LogP contribution in [0.25, 0.3) is 11.0 Å². The van der Waals surface area contributed by atoms with Crippen molar-refractivity contribution in [2.24, 2.45) is 0 Å². The van der Waals surface area contributed by atoms with Gasteiger partial charge in [0, 0.05) is 31.6 Å². The third-order valence-electron chi connectivity index (χ3n) is 4.90. The van der Waals surface area contributed by atoms with E-state index in [2.05, 4.69) is 47.9 Å². The highest BCUT2D eigenvalue weighted by molar-refractivity contribution is 7.89. The number of aryl methyl sites for hydroxylation is 1. The van der Waals surface area contributed by atoms with Crippen LogP contribution in [0.4, 0.5) is 0 Å². The van der Waals surface area contributed by atoms with Gasteiger partial charge in [0.2, 0.25) is 10.0 Å². The van der Waals surface area contributed by atoms with Gasteiger partial charge in [-0.25, -0.2) is 17.7 Å². The van der Waals surface area contributed by atoms with Gasteiger partial charge in [-0.05, 0) is 50.5 Å². The van der Waals surface area contributed by atoms with E-state index in [4.69, 9.17) is 4.98 Å². The average Bonchev–Trinajstić information content (AvgIpc) is 3.27. The van der Waals surface area contributed by atoms with Crippen LogP contribution in [0.1, 0.15) is 30.6 Å². The molecule has 146 valence electrons. The molecule has 1 atom stereocenters. The predicted octanol–water partition coefficient (Wildman–Crippen LogP) is 3.56. The molecule has 3 rings (SSSR count). The summed E-state index contributed by atoms with van der Waals surface area (Å²) in [4.78, 5) is 8.61. The lowest BCUT2D eigenvalue weighted by atomic mass is 10.2. The maximum Gasteiger partial charge on any atom is 0.242 e. The summed E-state index contributed by atoms with van der Waals surface area (Å²) in [5, 5.41) is 2.09. The zero-order valence-electron chi connectivity index (χ0n) is 16.4. The molecule has 6 nitrogen and oxygen atoms in total. The molecule has 2 heterocycles. The van der Waals surface area contributed by atoms with Crippen LogP contribution < -0.4 is 0 Å². The van der Waals surface area contributed by atoms with Gasteiger partial charge in [0.1, 0.15) is 5.82 Å². The van der Waals surface area contributed by atoms with Crippen LogP contribution in [0.15, 0.2) is 40.6 Å². The number of rotatable bonds is 7. The van der Waals surface area contributed by atoms with E-state index in [0.717, 1.165) is 17.9 Å². The molecule has 8 heteroatoms. The van der Waals surface area contributed by atoms with Gasteiger partial charge in [0.25, 0.3) is 0 Å². The maximum absolute atomic E-state index is 12.4. The van der Waals surface area contributed by atoms with E-state index in [1.165, 1.54) is 23.3 Å². The van der Waals surface area contributed by atoms with Crippen molar-refractivity contribution in [1.82, 2.24) is 18.8 Å². The van der Waals surface area contributed by atoms with Gasteiger partial charge in [-0.1, -0.05) is 6.07 Å². The average molecular weight is 407 g/mol. The third kappa shape index (κ3) is 3.80. The zero-order chi connectivity index (χ0) is 19.8. The Hall–Kier alpha value is -1.74. The van der Waals surface area contributed by atoms with E-state index >= 15 is 0 Å². The van der Waals surface area contributed by atoms with Crippen LogP contribution in [0.5, 0.6) is 0 Å². The summed E-state index contributed by atoms with van der Waals surface area (Å²) in [6.07, 6.45) is 0. The first-order valence-electron chi connectivity index (χ1n) is 8.91. The van der Waals surface area contributed by atoms with Crippen LogP contribution in [0, 0.1) is 0 Å². The summed E-state index contributed by atoms with van der Waals surface area (Å²) in [6, 6.07) is 9.69. The summed E-state index contributed by atoms with van der Waals surface area (Å²) in [6.45, 7) is 5.74. The molecule has 0 N–H and O–H groups in total. The highest BCUT2D eigenvalue weighted by atomic mass is 32.2. The van der Waals surface area contributed by atoms with Gasteiger partial charge in [0.05, 0.1) is 22.5 Å². The summed E-state index contributed by atoms with van der Waals surface area (Å²) >= 11 is 1.75. The van der Waals surface area contributed by atoms with E-state index in [9.17, 15) is 8.42 Å². The molecule has 27 heavy (non-hydrogen) atoms. The lowest BCUT2D eigenvalue weighted by molar-refractivity contribution is 0.247. The first-order chi connectivity index (χ1) is 12.8. The normalized spacial score (nSPS) is 13.7. The van der Waals surface area contributed by atoms with Crippen LogP contribution >= 0.6 is 11.3 Å². The molecule has 1 unspecified atom stereocenters. The van der Waals surface area contributed by atoms with Gasteiger partial charge >= 0.3 is 0 Å². The Balaban J connectivity index is 1.96. The van der Waals surface area contributed by atoms with Crippen molar-refractivity contribution in [3.63, 3.8) is 0 Å². The van der Waals surface area contributed by atoms with Crippen molar-refractivity contribution >= 4 is 32.4 Å². The molecular formula is C19H26N4O2S2. The van der Waals surface area contributed by atoms with Crippen molar-refractivity contribution < 1.29 is 8.42 Å². The number of benzene rings is 1. The molecule has 0 saturated carbocycles. The van der Waals surface area contributed by atoms with Gasteiger partial charge in [-0.3, -0.25) is 4.90 Å². The molecule has 0 amide bonds. The quantitative estimate of drug-likeness (QED) is 0.602. The van der Waals surface area contributed by atoms with Gasteiger partial charge in [-0.15, -0.1) is 11.3 Å². The standard InChI is InChI=1S/C19H26N4O2S2/c1-6-23-17-10-9-15(27(24,25)21(3)4)12-16(17)20-19(23)13-22(5)14(2)18-8-7-11-26-18/h7-12,14H,6,13H2,1-5H3. The second-order valence-corrected chi connectivity index (χ2v) is 9.95. The first kappa shape index (κ1) is 20.0. The van der Waals surface area contributed by atoms with E-state index < -0.39 is 10.0 Å². The number of fused-ring (bicyclic) bond motifs is 1. The summed E-state index contributed by atoms with van der Waals surface area (Å²) in [5.41, 5.74) is 1.68. The fourth-order valence-corrected chi connectivity index (χ4v) is 4.88. The number of sulfonamides is 1. The predicted molar refractivity (Wildman–Crippen MR) is 110 cm³/mol. The minimum atomic E-state index is -3.47. The molecule has 0 spiro atoms.